The molecule has 0 aromatic heterocycles. The van der Waals surface area contributed by atoms with Gasteiger partial charge in [0.05, 0.1) is 12.0 Å². The predicted molar refractivity (Wildman–Crippen MR) is 106 cm³/mol. The molecule has 3 unspecified atom stereocenters. The number of amides is 2. The van der Waals surface area contributed by atoms with E-state index in [4.69, 9.17) is 0 Å². The molecule has 5 nitrogen and oxygen atoms in total. The molecule has 3 saturated heterocycles. The Bertz CT molecular complexity index is 468. The van der Waals surface area contributed by atoms with Gasteiger partial charge in [-0.05, 0) is 64.7 Å². The Kier molecular flexibility index (Phi) is 8.85. The first kappa shape index (κ1) is 21.6. The maximum atomic E-state index is 12.7. The summed E-state index contributed by atoms with van der Waals surface area (Å²) in [6, 6.07) is 0.320. The predicted octanol–water partition coefficient (Wildman–Crippen LogP) is 2.97. The third-order valence-corrected chi connectivity index (χ3v) is 6.24. The van der Waals surface area contributed by atoms with E-state index in [0.29, 0.717) is 6.42 Å². The molecule has 3 fully saturated rings. The number of likely N-dealkylation sites (tertiary alicyclic amines) is 2. The van der Waals surface area contributed by atoms with Crippen LogP contribution < -0.4 is 5.32 Å². The van der Waals surface area contributed by atoms with Crippen LogP contribution in [0, 0.1) is 5.92 Å². The van der Waals surface area contributed by atoms with Crippen LogP contribution in [-0.4, -0.2) is 59.9 Å². The van der Waals surface area contributed by atoms with Crippen molar-refractivity contribution in [2.75, 3.05) is 26.2 Å². The van der Waals surface area contributed by atoms with Crippen molar-refractivity contribution in [3.63, 3.8) is 0 Å². The number of imide groups is 1. The summed E-state index contributed by atoms with van der Waals surface area (Å²) in [5.41, 5.74) is 0. The Morgan fingerprint density at radius 1 is 1.15 bits per heavy atom. The van der Waals surface area contributed by atoms with Crippen molar-refractivity contribution in [1.82, 2.24) is 15.1 Å². The largest absolute Gasteiger partial charge is 0.311 e. The SMILES string of the molecule is CCCC1C(=O)N(C(=O)CCCCCN2CCCCC2)C2CCNC12.Cl. The number of carbonyl (C=O) groups is 2. The van der Waals surface area contributed by atoms with Crippen LogP contribution in [0.25, 0.3) is 0 Å². The molecule has 3 aliphatic heterocycles. The summed E-state index contributed by atoms with van der Waals surface area (Å²) in [6.07, 6.45) is 10.6. The Morgan fingerprint density at radius 3 is 2.65 bits per heavy atom. The lowest BCUT2D eigenvalue weighted by Crippen LogP contribution is -2.40. The highest BCUT2D eigenvalue weighted by atomic mass is 35.5. The third-order valence-electron chi connectivity index (χ3n) is 6.24. The van der Waals surface area contributed by atoms with E-state index in [1.807, 2.05) is 0 Å². The summed E-state index contributed by atoms with van der Waals surface area (Å²) in [5.74, 6) is 0.170. The summed E-state index contributed by atoms with van der Waals surface area (Å²) in [7, 11) is 0. The van der Waals surface area contributed by atoms with E-state index in [-0.39, 0.29) is 42.2 Å². The van der Waals surface area contributed by atoms with Crippen molar-refractivity contribution in [1.29, 1.82) is 0 Å². The third kappa shape index (κ3) is 4.99. The molecule has 3 atom stereocenters. The molecule has 150 valence electrons. The van der Waals surface area contributed by atoms with E-state index in [9.17, 15) is 9.59 Å². The Labute approximate surface area is 164 Å². The molecule has 0 radical (unpaired) electrons. The summed E-state index contributed by atoms with van der Waals surface area (Å²) >= 11 is 0. The van der Waals surface area contributed by atoms with Crippen LogP contribution in [0.2, 0.25) is 0 Å². The van der Waals surface area contributed by atoms with Gasteiger partial charge in [0.25, 0.3) is 0 Å². The topological polar surface area (TPSA) is 52.7 Å². The molecule has 1 N–H and O–H groups in total. The molecule has 6 heteroatoms. The summed E-state index contributed by atoms with van der Waals surface area (Å²) in [4.78, 5) is 29.6. The first-order valence-electron chi connectivity index (χ1n) is 10.5. The van der Waals surface area contributed by atoms with E-state index >= 15 is 0 Å². The van der Waals surface area contributed by atoms with Gasteiger partial charge in [0.2, 0.25) is 11.8 Å². The standard InChI is InChI=1S/C20H35N3O2.ClH/c1-2-9-16-19-17(11-12-21-19)23(20(16)25)18(24)10-5-3-6-13-22-14-7-4-8-15-22;/h16-17,19,21H,2-15H2,1H3;1H. The fourth-order valence-corrected chi connectivity index (χ4v) is 4.92. The number of carbonyl (C=O) groups excluding carboxylic acids is 2. The van der Waals surface area contributed by atoms with Gasteiger partial charge in [-0.2, -0.15) is 0 Å². The van der Waals surface area contributed by atoms with Crippen molar-refractivity contribution < 1.29 is 9.59 Å². The highest BCUT2D eigenvalue weighted by Crippen LogP contribution is 2.34. The molecule has 3 heterocycles. The van der Waals surface area contributed by atoms with Crippen LogP contribution in [-0.2, 0) is 9.59 Å². The quantitative estimate of drug-likeness (QED) is 0.652. The molecule has 26 heavy (non-hydrogen) atoms. The van der Waals surface area contributed by atoms with Crippen molar-refractivity contribution in [2.24, 2.45) is 5.92 Å². The van der Waals surface area contributed by atoms with Crippen LogP contribution in [0.1, 0.15) is 71.1 Å². The minimum absolute atomic E-state index is 0. The van der Waals surface area contributed by atoms with E-state index in [0.717, 1.165) is 38.6 Å². The van der Waals surface area contributed by atoms with Gasteiger partial charge in [-0.15, -0.1) is 12.4 Å². The van der Waals surface area contributed by atoms with Crippen LogP contribution in [0.3, 0.4) is 0 Å². The molecule has 0 aliphatic carbocycles. The highest BCUT2D eigenvalue weighted by Gasteiger charge is 2.51. The molecule has 0 aromatic rings. The van der Waals surface area contributed by atoms with Crippen LogP contribution >= 0.6 is 12.4 Å². The zero-order valence-corrected chi connectivity index (χ0v) is 17.1. The second-order valence-corrected chi connectivity index (χ2v) is 8.05. The van der Waals surface area contributed by atoms with Gasteiger partial charge >= 0.3 is 0 Å². The van der Waals surface area contributed by atoms with Gasteiger partial charge < -0.3 is 10.2 Å². The lowest BCUT2D eigenvalue weighted by Gasteiger charge is -2.26. The minimum atomic E-state index is 0. The highest BCUT2D eigenvalue weighted by molar-refractivity contribution is 5.99. The van der Waals surface area contributed by atoms with Crippen LogP contribution in [0.5, 0.6) is 0 Å². The average Bonchev–Trinajstić information content (AvgIpc) is 3.18. The second-order valence-electron chi connectivity index (χ2n) is 8.05. The zero-order chi connectivity index (χ0) is 17.6. The fourth-order valence-electron chi connectivity index (χ4n) is 4.92. The van der Waals surface area contributed by atoms with Gasteiger partial charge in [0.15, 0.2) is 0 Å². The molecule has 0 spiro atoms. The molecule has 0 aromatic carbocycles. The van der Waals surface area contributed by atoms with Crippen molar-refractivity contribution in [2.45, 2.75) is 83.2 Å². The lowest BCUT2D eigenvalue weighted by atomic mass is 9.95. The number of hydrogen-bond acceptors (Lipinski definition) is 4. The van der Waals surface area contributed by atoms with Gasteiger partial charge in [-0.25, -0.2) is 0 Å². The van der Waals surface area contributed by atoms with Crippen LogP contribution in [0.4, 0.5) is 0 Å². The zero-order valence-electron chi connectivity index (χ0n) is 16.3. The maximum absolute atomic E-state index is 12.7. The van der Waals surface area contributed by atoms with E-state index < -0.39 is 0 Å². The molecule has 2 amide bonds. The number of unbranched alkanes of at least 4 members (excludes halogenated alkanes) is 2. The fraction of sp³-hybridized carbons (Fsp3) is 0.900. The van der Waals surface area contributed by atoms with Gasteiger partial charge in [-0.3, -0.25) is 14.5 Å². The minimum Gasteiger partial charge on any atom is -0.311 e. The van der Waals surface area contributed by atoms with Crippen molar-refractivity contribution in [3.8, 4) is 0 Å². The van der Waals surface area contributed by atoms with E-state index in [1.165, 1.54) is 45.3 Å². The lowest BCUT2D eigenvalue weighted by molar-refractivity contribution is -0.145. The second kappa shape index (κ2) is 10.6. The molecule has 0 bridgehead atoms. The number of nitrogens with one attached hydrogen (secondary N) is 1. The number of fused-ring (bicyclic) bond motifs is 1. The van der Waals surface area contributed by atoms with E-state index in [2.05, 4.69) is 17.1 Å². The normalized spacial score (nSPS) is 28.9. The molecule has 3 rings (SSSR count). The number of rotatable bonds is 8. The molecular formula is C20H36ClN3O2. The van der Waals surface area contributed by atoms with Crippen molar-refractivity contribution >= 4 is 24.2 Å². The Hall–Kier alpha value is -0.650. The first-order chi connectivity index (χ1) is 12.2. The van der Waals surface area contributed by atoms with Gasteiger partial charge in [0.1, 0.15) is 0 Å². The maximum Gasteiger partial charge on any atom is 0.234 e. The summed E-state index contributed by atoms with van der Waals surface area (Å²) in [5, 5.41) is 3.46. The number of hydrogen-bond donors (Lipinski definition) is 1. The smallest absolute Gasteiger partial charge is 0.234 e. The Morgan fingerprint density at radius 2 is 1.92 bits per heavy atom. The number of halogens is 1. The van der Waals surface area contributed by atoms with E-state index in [1.54, 1.807) is 4.90 Å². The van der Waals surface area contributed by atoms with Crippen LogP contribution in [0.15, 0.2) is 0 Å². The number of piperidine rings is 1. The summed E-state index contributed by atoms with van der Waals surface area (Å²) in [6.45, 7) is 6.71. The van der Waals surface area contributed by atoms with Gasteiger partial charge in [0, 0.05) is 12.5 Å². The van der Waals surface area contributed by atoms with Gasteiger partial charge in [-0.1, -0.05) is 26.2 Å². The summed E-state index contributed by atoms with van der Waals surface area (Å²) < 4.78 is 0. The number of nitrogens with zero attached hydrogens (tertiary/aromatic N) is 2. The molecule has 0 saturated carbocycles. The monoisotopic (exact) mass is 385 g/mol. The average molecular weight is 386 g/mol. The first-order valence-corrected chi connectivity index (χ1v) is 10.5. The Balaban J connectivity index is 0.00000243. The molecule has 3 aliphatic rings. The van der Waals surface area contributed by atoms with Crippen molar-refractivity contribution in [3.05, 3.63) is 0 Å². The molecular weight excluding hydrogens is 350 g/mol.